The molecule has 0 bridgehead atoms. The topological polar surface area (TPSA) is 107 Å². The number of carboxylic acid groups (broad SMARTS) is 1. The van der Waals surface area contributed by atoms with Crippen molar-refractivity contribution in [2.24, 2.45) is 5.41 Å². The lowest BCUT2D eigenvalue weighted by Gasteiger charge is -2.40. The van der Waals surface area contributed by atoms with Gasteiger partial charge in [-0.05, 0) is 72.6 Å². The second kappa shape index (κ2) is 9.73. The highest BCUT2D eigenvalue weighted by molar-refractivity contribution is 7.81. The number of methoxy groups -OCH3 is 1. The van der Waals surface area contributed by atoms with Crippen LogP contribution in [0.4, 0.5) is 10.7 Å². The van der Waals surface area contributed by atoms with Crippen molar-refractivity contribution in [3.8, 4) is 16.2 Å². The second-order valence-corrected chi connectivity index (χ2v) is 11.5. The first-order valence-electron chi connectivity index (χ1n) is 11.3. The second-order valence-electron chi connectivity index (χ2n) is 9.63. The molecule has 1 atom stereocenters. The molecule has 186 valence electrons. The fraction of sp³-hybridized carbons (Fsp3) is 0.346. The molecule has 0 aliphatic heterocycles. The third-order valence-electron chi connectivity index (χ3n) is 6.73. The van der Waals surface area contributed by atoms with Crippen LogP contribution in [0.2, 0.25) is 0 Å². The van der Waals surface area contributed by atoms with Crippen molar-refractivity contribution < 1.29 is 28.5 Å². The fourth-order valence-corrected chi connectivity index (χ4v) is 6.19. The number of carboxylic acids is 1. The van der Waals surface area contributed by atoms with Gasteiger partial charge in [0.2, 0.25) is 0 Å². The van der Waals surface area contributed by atoms with Crippen LogP contribution in [0.5, 0.6) is 5.75 Å². The van der Waals surface area contributed by atoms with Crippen LogP contribution >= 0.6 is 11.3 Å². The molecule has 4 rings (SSSR count). The van der Waals surface area contributed by atoms with Gasteiger partial charge in [0.15, 0.2) is 0 Å². The lowest BCUT2D eigenvalue weighted by atomic mass is 9.69. The van der Waals surface area contributed by atoms with E-state index < -0.39 is 22.8 Å². The maximum Gasteiger partial charge on any atom is 0.335 e. The quantitative estimate of drug-likeness (QED) is 0.324. The van der Waals surface area contributed by atoms with Crippen LogP contribution in [-0.2, 0) is 16.9 Å². The maximum atomic E-state index is 12.3. The van der Waals surface area contributed by atoms with E-state index in [4.69, 9.17) is 4.74 Å². The largest absolute Gasteiger partial charge is 0.495 e. The Hall–Kier alpha value is -2.72. The molecule has 1 aliphatic rings. The number of ether oxygens (including phenoxy) is 1. The first kappa shape index (κ1) is 25.4. The van der Waals surface area contributed by atoms with Crippen molar-refractivity contribution >= 4 is 39.3 Å². The van der Waals surface area contributed by atoms with Crippen LogP contribution in [0.15, 0.2) is 54.6 Å². The smallest absolute Gasteiger partial charge is 0.335 e. The van der Waals surface area contributed by atoms with E-state index in [0.717, 1.165) is 41.7 Å². The highest BCUT2D eigenvalue weighted by Crippen LogP contribution is 2.46. The number of nitrogens with zero attached hydrogens (tertiary/aromatic N) is 1. The minimum atomic E-state index is -2.41. The molecule has 0 saturated heterocycles. The summed E-state index contributed by atoms with van der Waals surface area (Å²) in [6, 6.07) is 15.6. The normalized spacial score (nSPS) is 17.5. The van der Waals surface area contributed by atoms with Crippen LogP contribution in [0.3, 0.4) is 0 Å². The van der Waals surface area contributed by atoms with Gasteiger partial charge in [0.25, 0.3) is 11.3 Å². The first-order chi connectivity index (χ1) is 16.5. The number of rotatable bonds is 7. The Bertz CT molecular complexity index is 1240. The average molecular weight is 516 g/mol. The van der Waals surface area contributed by atoms with E-state index in [1.54, 1.807) is 6.07 Å². The van der Waals surface area contributed by atoms with Crippen molar-refractivity contribution in [1.29, 1.82) is 0 Å². The molecular formula is C26H29NO6S2. The summed E-state index contributed by atoms with van der Waals surface area (Å²) in [5.74, 6) is -0.939. The van der Waals surface area contributed by atoms with Crippen LogP contribution < -0.4 is 9.04 Å². The Labute approximate surface area is 211 Å². The van der Waals surface area contributed by atoms with Crippen molar-refractivity contribution in [3.05, 3.63) is 65.7 Å². The van der Waals surface area contributed by atoms with E-state index in [0.29, 0.717) is 5.00 Å². The van der Waals surface area contributed by atoms with E-state index in [9.17, 15) is 23.8 Å². The van der Waals surface area contributed by atoms with E-state index >= 15 is 0 Å². The van der Waals surface area contributed by atoms with Gasteiger partial charge in [-0.1, -0.05) is 38.1 Å². The number of thiophene rings is 1. The van der Waals surface area contributed by atoms with Crippen molar-refractivity contribution in [1.82, 2.24) is 0 Å². The predicted octanol–water partition coefficient (Wildman–Crippen LogP) is 6.18. The summed E-state index contributed by atoms with van der Waals surface area (Å²) in [7, 11) is 1.38. The molecular weight excluding hydrogens is 486 g/mol. The summed E-state index contributed by atoms with van der Waals surface area (Å²) in [5.41, 5.74) is 1.60. The minimum absolute atomic E-state index is 0.0180. The molecule has 3 N–H and O–H groups in total. The summed E-state index contributed by atoms with van der Waals surface area (Å²) >= 11 is -1.09. The first-order valence-corrected chi connectivity index (χ1v) is 13.2. The zero-order valence-corrected chi connectivity index (χ0v) is 21.5. The van der Waals surface area contributed by atoms with E-state index in [2.05, 4.69) is 13.8 Å². The third-order valence-corrected chi connectivity index (χ3v) is 8.67. The molecule has 9 heteroatoms. The van der Waals surface area contributed by atoms with Crippen LogP contribution in [0, 0.1) is 5.41 Å². The van der Waals surface area contributed by atoms with Gasteiger partial charge >= 0.3 is 5.97 Å². The number of benzene rings is 2. The Kier molecular flexibility index (Phi) is 7.06. The zero-order chi connectivity index (χ0) is 25.4. The predicted molar refractivity (Wildman–Crippen MR) is 139 cm³/mol. The number of aromatic carboxylic acids is 1. The molecule has 1 unspecified atom stereocenters. The lowest BCUT2D eigenvalue weighted by molar-refractivity contribution is -0.0305. The highest BCUT2D eigenvalue weighted by atomic mass is 32.2. The van der Waals surface area contributed by atoms with Gasteiger partial charge in [-0.25, -0.2) is 13.3 Å². The van der Waals surface area contributed by atoms with Gasteiger partial charge in [0.05, 0.1) is 24.0 Å². The van der Waals surface area contributed by atoms with Crippen LogP contribution in [0.1, 0.15) is 55.5 Å². The summed E-state index contributed by atoms with van der Waals surface area (Å²) < 4.78 is 28.8. The van der Waals surface area contributed by atoms with Gasteiger partial charge in [-0.2, -0.15) is 0 Å². The molecule has 1 aliphatic carbocycles. The highest BCUT2D eigenvalue weighted by Gasteiger charge is 2.37. The van der Waals surface area contributed by atoms with Gasteiger partial charge in [-0.15, -0.1) is 11.3 Å². The molecule has 7 nitrogen and oxygen atoms in total. The molecule has 1 heterocycles. The monoisotopic (exact) mass is 515 g/mol. The average Bonchev–Trinajstić information content (AvgIpc) is 3.31. The molecule has 1 aromatic heterocycles. The van der Waals surface area contributed by atoms with Gasteiger partial charge in [0.1, 0.15) is 10.8 Å². The van der Waals surface area contributed by atoms with Gasteiger partial charge in [-0.3, -0.25) is 4.55 Å². The summed E-state index contributed by atoms with van der Waals surface area (Å²) in [6.45, 7) is 4.48. The lowest BCUT2D eigenvalue weighted by Crippen LogP contribution is -2.34. The molecule has 0 spiro atoms. The van der Waals surface area contributed by atoms with E-state index in [1.807, 2.05) is 30.3 Å². The fourth-order valence-electron chi connectivity index (χ4n) is 4.42. The summed E-state index contributed by atoms with van der Waals surface area (Å²) in [4.78, 5) is 12.2. The van der Waals surface area contributed by atoms with E-state index in [-0.39, 0.29) is 22.4 Å². The van der Waals surface area contributed by atoms with Crippen LogP contribution in [0.25, 0.3) is 10.4 Å². The Balaban J connectivity index is 1.60. The Morgan fingerprint density at radius 2 is 1.69 bits per heavy atom. The summed E-state index contributed by atoms with van der Waals surface area (Å²) in [6.07, 6.45) is 3.43. The summed E-state index contributed by atoms with van der Waals surface area (Å²) in [5, 5.41) is 20.9. The number of carbonyl (C=O) groups is 1. The Morgan fingerprint density at radius 3 is 2.26 bits per heavy atom. The van der Waals surface area contributed by atoms with Gasteiger partial charge in [0, 0.05) is 4.88 Å². The number of anilines is 2. The third kappa shape index (κ3) is 5.28. The van der Waals surface area contributed by atoms with Crippen molar-refractivity contribution in [3.63, 3.8) is 0 Å². The molecule has 1 saturated carbocycles. The number of hydrogen-bond donors (Lipinski definition) is 3. The maximum absolute atomic E-state index is 12.3. The molecule has 35 heavy (non-hydrogen) atoms. The molecule has 2 aromatic carbocycles. The number of aliphatic hydroxyl groups is 1. The SMILES string of the molecule is COc1cc(C(=O)O)ccc1N(c1ccc(-c2ccc(C3(O)CCC(C)(C)CC3)cc2)s1)S(=O)O. The molecule has 0 radical (unpaired) electrons. The zero-order valence-electron chi connectivity index (χ0n) is 19.9. The minimum Gasteiger partial charge on any atom is -0.495 e. The van der Waals surface area contributed by atoms with Crippen LogP contribution in [-0.4, -0.2) is 32.1 Å². The molecule has 3 aromatic rings. The van der Waals surface area contributed by atoms with Gasteiger partial charge < -0.3 is 14.9 Å². The number of hydrogen-bond acceptors (Lipinski definition) is 5. The van der Waals surface area contributed by atoms with Crippen molar-refractivity contribution in [2.75, 3.05) is 11.4 Å². The standard InChI is InChI=1S/C26H29NO6S2/c1-25(2)12-14-26(30,15-13-25)19-7-4-17(5-8-19)22-10-11-23(34-22)27(35(31)32)20-9-6-18(24(28)29)16-21(20)33-3/h4-11,16,30H,12-15H2,1-3H3,(H,28,29)(H,31,32). The molecule has 0 amide bonds. The van der Waals surface area contributed by atoms with Crippen molar-refractivity contribution in [2.45, 2.75) is 45.1 Å². The van der Waals surface area contributed by atoms with E-state index in [1.165, 1.54) is 41.0 Å². The Morgan fingerprint density at radius 1 is 1.03 bits per heavy atom. The molecule has 1 fully saturated rings.